The number of rotatable bonds is 9. The van der Waals surface area contributed by atoms with Gasteiger partial charge in [-0.2, -0.15) is 0 Å². The van der Waals surface area contributed by atoms with Crippen molar-refractivity contribution < 1.29 is 33.7 Å². The van der Waals surface area contributed by atoms with Crippen molar-refractivity contribution in [2.45, 2.75) is 66.6 Å². The Morgan fingerprint density at radius 2 is 1.71 bits per heavy atom. The molecule has 2 N–H and O–H groups in total. The summed E-state index contributed by atoms with van der Waals surface area (Å²) in [7, 11) is 0. The van der Waals surface area contributed by atoms with Gasteiger partial charge in [-0.05, 0) is 81.5 Å². The molecule has 0 radical (unpaired) electrons. The highest BCUT2D eigenvalue weighted by Crippen LogP contribution is 2.30. The minimum absolute atomic E-state index is 0.0801. The monoisotopic (exact) mass is 486 g/mol. The predicted octanol–water partition coefficient (Wildman–Crippen LogP) is 5.02. The first-order chi connectivity index (χ1) is 16.3. The van der Waals surface area contributed by atoms with Crippen LogP contribution in [0, 0.1) is 32.0 Å². The quantitative estimate of drug-likeness (QED) is 0.382. The van der Waals surface area contributed by atoms with E-state index >= 15 is 0 Å². The molecule has 0 amide bonds. The van der Waals surface area contributed by atoms with Crippen molar-refractivity contribution >= 4 is 18.0 Å². The number of carbonyl (C=O) groups is 2. The number of hydrogen-bond donors (Lipinski definition) is 2. The summed E-state index contributed by atoms with van der Waals surface area (Å²) in [6.07, 6.45) is 0.742. The van der Waals surface area contributed by atoms with E-state index in [0.29, 0.717) is 5.56 Å². The van der Waals surface area contributed by atoms with Crippen LogP contribution >= 0.6 is 0 Å². The van der Waals surface area contributed by atoms with E-state index in [1.165, 1.54) is 6.07 Å². The third-order valence-corrected chi connectivity index (χ3v) is 5.42. The normalized spacial score (nSPS) is 13.5. The molecule has 2 rings (SSSR count). The van der Waals surface area contributed by atoms with Crippen molar-refractivity contribution in [2.75, 3.05) is 6.79 Å². The molecule has 6 nitrogen and oxygen atoms in total. The standard InChI is InChI=1S/C28H35FO6/c1-17-11-18(2)23(24(12-17)20-7-10-25(29)19(3)13-20)9-8-21(30)14-22(31)15-26(32)34-16-35-27(33)28(4,5)6/h7-13,21-22,30-31H,14-16H2,1-6H3/b9-8+/t21-,22-/m1/s1. The van der Waals surface area contributed by atoms with Gasteiger partial charge >= 0.3 is 11.9 Å². The molecule has 2 aromatic rings. The fourth-order valence-corrected chi connectivity index (χ4v) is 3.52. The minimum atomic E-state index is -1.14. The second kappa shape index (κ2) is 12.1. The second-order valence-electron chi connectivity index (χ2n) is 9.84. The van der Waals surface area contributed by atoms with Gasteiger partial charge in [0.2, 0.25) is 6.79 Å². The van der Waals surface area contributed by atoms with Crippen LogP contribution in [0.3, 0.4) is 0 Å². The summed E-state index contributed by atoms with van der Waals surface area (Å²) in [5.74, 6) is -1.52. The maximum absolute atomic E-state index is 13.8. The molecule has 0 aliphatic rings. The summed E-state index contributed by atoms with van der Waals surface area (Å²) in [5, 5.41) is 20.6. The van der Waals surface area contributed by atoms with E-state index in [-0.39, 0.29) is 18.7 Å². The molecule has 0 saturated heterocycles. The molecule has 0 aromatic heterocycles. The molecule has 0 heterocycles. The lowest BCUT2D eigenvalue weighted by Crippen LogP contribution is -2.26. The zero-order valence-corrected chi connectivity index (χ0v) is 21.2. The topological polar surface area (TPSA) is 93.1 Å². The average molecular weight is 487 g/mol. The first-order valence-electron chi connectivity index (χ1n) is 11.5. The molecule has 0 saturated carbocycles. The number of aliphatic hydroxyl groups is 2. The fourth-order valence-electron chi connectivity index (χ4n) is 3.52. The highest BCUT2D eigenvalue weighted by molar-refractivity contribution is 5.78. The number of esters is 2. The Bertz CT molecular complexity index is 1080. The van der Waals surface area contributed by atoms with Gasteiger partial charge in [0, 0.05) is 6.42 Å². The predicted molar refractivity (Wildman–Crippen MR) is 133 cm³/mol. The lowest BCUT2D eigenvalue weighted by Gasteiger charge is -2.17. The third-order valence-electron chi connectivity index (χ3n) is 5.42. The van der Waals surface area contributed by atoms with Gasteiger partial charge in [-0.25, -0.2) is 4.39 Å². The van der Waals surface area contributed by atoms with E-state index < -0.39 is 36.4 Å². The fraction of sp³-hybridized carbons (Fsp3) is 0.429. The maximum atomic E-state index is 13.8. The van der Waals surface area contributed by atoms with Crippen molar-refractivity contribution in [3.8, 4) is 11.1 Å². The van der Waals surface area contributed by atoms with Crippen LogP contribution in [-0.4, -0.2) is 41.2 Å². The van der Waals surface area contributed by atoms with Crippen LogP contribution in [0.2, 0.25) is 0 Å². The minimum Gasteiger partial charge on any atom is -0.428 e. The summed E-state index contributed by atoms with van der Waals surface area (Å²) in [6.45, 7) is 10.2. The van der Waals surface area contributed by atoms with Crippen LogP contribution in [0.4, 0.5) is 4.39 Å². The van der Waals surface area contributed by atoms with Gasteiger partial charge in [0.1, 0.15) is 5.82 Å². The van der Waals surface area contributed by atoms with E-state index in [1.807, 2.05) is 26.0 Å². The van der Waals surface area contributed by atoms with E-state index in [9.17, 15) is 24.2 Å². The molecule has 190 valence electrons. The van der Waals surface area contributed by atoms with Crippen molar-refractivity contribution in [3.63, 3.8) is 0 Å². The first kappa shape index (κ1) is 28.2. The summed E-state index contributed by atoms with van der Waals surface area (Å²) in [4.78, 5) is 23.5. The SMILES string of the molecule is Cc1cc(C)c(/C=C/[C@@H](O)C[C@@H](O)CC(=O)OCOC(=O)C(C)(C)C)c(-c2ccc(F)c(C)c2)c1. The molecule has 0 fully saturated rings. The number of aryl methyl sites for hydroxylation is 3. The van der Waals surface area contributed by atoms with Gasteiger partial charge in [-0.15, -0.1) is 0 Å². The van der Waals surface area contributed by atoms with Crippen molar-refractivity contribution in [1.29, 1.82) is 0 Å². The van der Waals surface area contributed by atoms with Gasteiger partial charge in [0.15, 0.2) is 0 Å². The maximum Gasteiger partial charge on any atom is 0.314 e. The van der Waals surface area contributed by atoms with Crippen LogP contribution in [0.1, 0.15) is 55.9 Å². The van der Waals surface area contributed by atoms with Crippen LogP contribution < -0.4 is 0 Å². The van der Waals surface area contributed by atoms with Gasteiger partial charge in [0.05, 0.1) is 24.0 Å². The molecule has 0 bridgehead atoms. The van der Waals surface area contributed by atoms with Gasteiger partial charge < -0.3 is 19.7 Å². The van der Waals surface area contributed by atoms with E-state index in [0.717, 1.165) is 27.8 Å². The number of hydrogen-bond acceptors (Lipinski definition) is 6. The molecule has 0 aliphatic carbocycles. The van der Waals surface area contributed by atoms with E-state index in [1.54, 1.807) is 52.0 Å². The Hall–Kier alpha value is -3.03. The smallest absolute Gasteiger partial charge is 0.314 e. The van der Waals surface area contributed by atoms with E-state index in [2.05, 4.69) is 0 Å². The summed E-state index contributed by atoms with van der Waals surface area (Å²) >= 11 is 0. The Morgan fingerprint density at radius 3 is 2.34 bits per heavy atom. The van der Waals surface area contributed by atoms with Gasteiger partial charge in [-0.3, -0.25) is 9.59 Å². The molecular formula is C28H35FO6. The summed E-state index contributed by atoms with van der Waals surface area (Å²) < 4.78 is 23.5. The number of aliphatic hydroxyl groups excluding tert-OH is 2. The number of carbonyl (C=O) groups excluding carboxylic acids is 2. The van der Waals surface area contributed by atoms with Crippen LogP contribution in [0.25, 0.3) is 17.2 Å². The highest BCUT2D eigenvalue weighted by Gasteiger charge is 2.23. The average Bonchev–Trinajstić information content (AvgIpc) is 2.73. The summed E-state index contributed by atoms with van der Waals surface area (Å²) in [6, 6.07) is 8.96. The third kappa shape index (κ3) is 8.60. The zero-order chi connectivity index (χ0) is 26.3. The molecule has 2 aromatic carbocycles. The van der Waals surface area contributed by atoms with Crippen LogP contribution in [0.15, 0.2) is 36.4 Å². The lowest BCUT2D eigenvalue weighted by molar-refractivity contribution is -0.174. The number of halogens is 1. The van der Waals surface area contributed by atoms with Crippen molar-refractivity contribution in [1.82, 2.24) is 0 Å². The number of ether oxygens (including phenoxy) is 2. The van der Waals surface area contributed by atoms with Crippen molar-refractivity contribution in [3.05, 3.63) is 64.5 Å². The molecule has 7 heteroatoms. The Balaban J connectivity index is 2.01. The van der Waals surface area contributed by atoms with E-state index in [4.69, 9.17) is 9.47 Å². The molecule has 0 spiro atoms. The summed E-state index contributed by atoms with van der Waals surface area (Å²) in [5.41, 5.74) is 4.50. The Labute approximate surface area is 206 Å². The molecule has 0 aliphatic heterocycles. The molecular weight excluding hydrogens is 451 g/mol. The van der Waals surface area contributed by atoms with Crippen LogP contribution in [0.5, 0.6) is 0 Å². The number of benzene rings is 2. The Morgan fingerprint density at radius 1 is 1.03 bits per heavy atom. The first-order valence-corrected chi connectivity index (χ1v) is 11.5. The zero-order valence-electron chi connectivity index (χ0n) is 21.2. The Kier molecular flexibility index (Phi) is 9.74. The van der Waals surface area contributed by atoms with Crippen LogP contribution in [-0.2, 0) is 19.1 Å². The molecule has 2 atom stereocenters. The highest BCUT2D eigenvalue weighted by atomic mass is 19.1. The molecule has 35 heavy (non-hydrogen) atoms. The second-order valence-corrected chi connectivity index (χ2v) is 9.84. The van der Waals surface area contributed by atoms with Crippen molar-refractivity contribution in [2.24, 2.45) is 5.41 Å². The van der Waals surface area contributed by atoms with Gasteiger partial charge in [0.25, 0.3) is 0 Å². The molecule has 0 unspecified atom stereocenters. The largest absolute Gasteiger partial charge is 0.428 e. The lowest BCUT2D eigenvalue weighted by atomic mass is 9.92. The van der Waals surface area contributed by atoms with Gasteiger partial charge in [-0.1, -0.05) is 35.9 Å².